The molecule has 1 aliphatic carbocycles. The lowest BCUT2D eigenvalue weighted by atomic mass is 9.68. The molecule has 1 aromatic carbocycles. The van der Waals surface area contributed by atoms with Gasteiger partial charge >= 0.3 is 6.03 Å². The fraction of sp³-hybridized carbons (Fsp3) is 0.455. The maximum Gasteiger partial charge on any atom is 0.324 e. The molecular formula is C22H25FN6O. The Hall–Kier alpha value is -3.05. The van der Waals surface area contributed by atoms with Crippen LogP contribution in [0.3, 0.4) is 0 Å². The van der Waals surface area contributed by atoms with Crippen LogP contribution in [-0.2, 0) is 5.54 Å². The van der Waals surface area contributed by atoms with Crippen LogP contribution in [0.4, 0.5) is 14.9 Å². The molecule has 30 heavy (non-hydrogen) atoms. The van der Waals surface area contributed by atoms with Crippen molar-refractivity contribution in [1.29, 1.82) is 5.26 Å². The quantitative estimate of drug-likeness (QED) is 0.780. The van der Waals surface area contributed by atoms with Crippen molar-refractivity contribution in [3.05, 3.63) is 53.9 Å². The molecular weight excluding hydrogens is 383 g/mol. The molecule has 2 aliphatic rings. The minimum absolute atomic E-state index is 0.0805. The van der Waals surface area contributed by atoms with Crippen LogP contribution in [0.25, 0.3) is 0 Å². The third-order valence-electron chi connectivity index (χ3n) is 6.96. The van der Waals surface area contributed by atoms with E-state index in [9.17, 15) is 9.18 Å². The van der Waals surface area contributed by atoms with E-state index < -0.39 is 0 Å². The molecule has 2 fully saturated rings. The monoisotopic (exact) mass is 408 g/mol. The summed E-state index contributed by atoms with van der Waals surface area (Å²) in [6.45, 7) is 0.546. The standard InChI is InChI=1S/C22H25FN6O/c1-27(2)22(16-5-4-6-17(23)11-16)9-7-21(8-10-22)15-29(20(30)28(21)3)18-13-25-19(12-24)26-14-18/h4-6,11,13-14H,7-10,15H2,1-3H3. The molecule has 4 rings (SSSR count). The van der Waals surface area contributed by atoms with E-state index in [1.807, 2.05) is 38.2 Å². The molecule has 1 saturated heterocycles. The number of rotatable bonds is 3. The molecule has 1 spiro atoms. The average Bonchev–Trinajstić information content (AvgIpc) is 3.00. The number of benzene rings is 1. The van der Waals surface area contributed by atoms with E-state index in [1.165, 1.54) is 18.5 Å². The highest BCUT2D eigenvalue weighted by Gasteiger charge is 2.53. The number of likely N-dealkylation sites (N-methyl/N-ethyl adjacent to an activating group) is 1. The number of urea groups is 1. The second-order valence-corrected chi connectivity index (χ2v) is 8.47. The predicted molar refractivity (Wildman–Crippen MR) is 110 cm³/mol. The minimum atomic E-state index is -0.294. The molecule has 1 saturated carbocycles. The largest absolute Gasteiger partial charge is 0.324 e. The molecule has 7 nitrogen and oxygen atoms in total. The van der Waals surface area contributed by atoms with E-state index in [0.29, 0.717) is 12.2 Å². The Bertz CT molecular complexity index is 991. The van der Waals surface area contributed by atoms with E-state index in [4.69, 9.17) is 5.26 Å². The Morgan fingerprint density at radius 1 is 1.17 bits per heavy atom. The number of anilines is 1. The topological polar surface area (TPSA) is 76.4 Å². The van der Waals surface area contributed by atoms with Gasteiger partial charge < -0.3 is 4.90 Å². The van der Waals surface area contributed by atoms with E-state index in [0.717, 1.165) is 31.2 Å². The van der Waals surface area contributed by atoms with Crippen LogP contribution in [0.1, 0.15) is 37.1 Å². The first-order valence-electron chi connectivity index (χ1n) is 10.0. The Balaban J connectivity index is 1.59. The van der Waals surface area contributed by atoms with E-state index in [2.05, 4.69) is 14.9 Å². The zero-order valence-corrected chi connectivity index (χ0v) is 17.5. The fourth-order valence-corrected chi connectivity index (χ4v) is 4.97. The number of hydrogen-bond donors (Lipinski definition) is 0. The van der Waals surface area contributed by atoms with Crippen molar-refractivity contribution in [2.45, 2.75) is 36.8 Å². The van der Waals surface area contributed by atoms with Crippen LogP contribution in [0.5, 0.6) is 0 Å². The zero-order chi connectivity index (χ0) is 21.5. The maximum atomic E-state index is 13.9. The summed E-state index contributed by atoms with van der Waals surface area (Å²) in [6, 6.07) is 8.65. The number of aromatic nitrogens is 2. The van der Waals surface area contributed by atoms with Crippen molar-refractivity contribution in [3.63, 3.8) is 0 Å². The molecule has 0 atom stereocenters. The highest BCUT2D eigenvalue weighted by molar-refractivity contribution is 5.95. The summed E-state index contributed by atoms with van der Waals surface area (Å²) in [5.74, 6) is -0.147. The van der Waals surface area contributed by atoms with Gasteiger partial charge in [-0.05, 0) is 57.5 Å². The average molecular weight is 408 g/mol. The maximum absolute atomic E-state index is 13.9. The lowest BCUT2D eigenvalue weighted by molar-refractivity contribution is 0.0339. The molecule has 2 aromatic rings. The van der Waals surface area contributed by atoms with Gasteiger partial charge in [0.2, 0.25) is 5.82 Å². The van der Waals surface area contributed by atoms with Crippen LogP contribution >= 0.6 is 0 Å². The number of hydrogen-bond acceptors (Lipinski definition) is 5. The number of nitriles is 1. The van der Waals surface area contributed by atoms with Crippen LogP contribution in [0.2, 0.25) is 0 Å². The van der Waals surface area contributed by atoms with Crippen molar-refractivity contribution < 1.29 is 9.18 Å². The summed E-state index contributed by atoms with van der Waals surface area (Å²) in [5.41, 5.74) is 1.02. The van der Waals surface area contributed by atoms with Crippen LogP contribution in [-0.4, -0.2) is 59.0 Å². The first-order valence-corrected chi connectivity index (χ1v) is 10.0. The van der Waals surface area contributed by atoms with Gasteiger partial charge in [0.05, 0.1) is 30.2 Å². The van der Waals surface area contributed by atoms with Crippen LogP contribution < -0.4 is 4.90 Å². The third-order valence-corrected chi connectivity index (χ3v) is 6.96. The van der Waals surface area contributed by atoms with Gasteiger partial charge in [0, 0.05) is 12.6 Å². The number of nitrogens with zero attached hydrogens (tertiary/aromatic N) is 6. The third kappa shape index (κ3) is 3.10. The molecule has 2 heterocycles. The van der Waals surface area contributed by atoms with Crippen LogP contribution in [0, 0.1) is 17.1 Å². The molecule has 0 bridgehead atoms. The fourth-order valence-electron chi connectivity index (χ4n) is 4.97. The SMILES string of the molecule is CN1C(=O)N(c2cnc(C#N)nc2)CC12CCC(c1cccc(F)c1)(N(C)C)CC2. The van der Waals surface area contributed by atoms with Gasteiger partial charge in [-0.15, -0.1) is 0 Å². The van der Waals surface area contributed by atoms with Crippen molar-refractivity contribution in [2.24, 2.45) is 0 Å². The molecule has 1 aromatic heterocycles. The lowest BCUT2D eigenvalue weighted by Crippen LogP contribution is -2.54. The highest BCUT2D eigenvalue weighted by Crippen LogP contribution is 2.49. The van der Waals surface area contributed by atoms with E-state index in [1.54, 1.807) is 17.0 Å². The number of amides is 2. The summed E-state index contributed by atoms with van der Waals surface area (Å²) < 4.78 is 13.9. The lowest BCUT2D eigenvalue weighted by Gasteiger charge is -2.50. The smallest absolute Gasteiger partial charge is 0.320 e. The Labute approximate surface area is 175 Å². The Kier molecular flexibility index (Phi) is 4.94. The van der Waals surface area contributed by atoms with Crippen molar-refractivity contribution >= 4 is 11.7 Å². The first kappa shape index (κ1) is 20.2. The molecule has 0 radical (unpaired) electrons. The normalized spacial score (nSPS) is 26.5. The minimum Gasteiger partial charge on any atom is -0.320 e. The summed E-state index contributed by atoms with van der Waals surface area (Å²) in [5, 5.41) is 8.90. The molecule has 0 N–H and O–H groups in total. The molecule has 2 amide bonds. The Morgan fingerprint density at radius 2 is 1.83 bits per heavy atom. The van der Waals surface area contributed by atoms with Gasteiger partial charge in [-0.2, -0.15) is 5.26 Å². The van der Waals surface area contributed by atoms with Gasteiger partial charge in [-0.3, -0.25) is 9.80 Å². The summed E-state index contributed by atoms with van der Waals surface area (Å²) in [4.78, 5) is 26.7. The second kappa shape index (κ2) is 7.33. The van der Waals surface area contributed by atoms with Crippen molar-refractivity contribution in [3.8, 4) is 6.07 Å². The number of halogens is 1. The van der Waals surface area contributed by atoms with Crippen molar-refractivity contribution in [2.75, 3.05) is 32.6 Å². The van der Waals surface area contributed by atoms with E-state index >= 15 is 0 Å². The van der Waals surface area contributed by atoms with Gasteiger partial charge in [0.1, 0.15) is 11.9 Å². The van der Waals surface area contributed by atoms with Gasteiger partial charge in [0.15, 0.2) is 0 Å². The summed E-state index contributed by atoms with van der Waals surface area (Å²) in [7, 11) is 5.91. The first-order chi connectivity index (χ1) is 14.3. The molecule has 0 unspecified atom stereocenters. The molecule has 156 valence electrons. The Morgan fingerprint density at radius 3 is 2.40 bits per heavy atom. The summed E-state index contributed by atoms with van der Waals surface area (Å²) >= 11 is 0. The highest BCUT2D eigenvalue weighted by atomic mass is 19.1. The second-order valence-electron chi connectivity index (χ2n) is 8.47. The van der Waals surface area contributed by atoms with E-state index in [-0.39, 0.29) is 28.8 Å². The number of carbonyl (C=O) groups is 1. The van der Waals surface area contributed by atoms with Crippen LogP contribution in [0.15, 0.2) is 36.7 Å². The number of carbonyl (C=O) groups excluding carboxylic acids is 1. The predicted octanol–water partition coefficient (Wildman–Crippen LogP) is 3.13. The van der Waals surface area contributed by atoms with Crippen molar-refractivity contribution in [1.82, 2.24) is 19.8 Å². The summed E-state index contributed by atoms with van der Waals surface area (Å²) in [6.07, 6.45) is 6.29. The molecule has 1 aliphatic heterocycles. The van der Waals surface area contributed by atoms with Gasteiger partial charge in [0.25, 0.3) is 0 Å². The molecule has 8 heteroatoms. The zero-order valence-electron chi connectivity index (χ0n) is 17.5. The van der Waals surface area contributed by atoms with Gasteiger partial charge in [-0.1, -0.05) is 12.1 Å². The van der Waals surface area contributed by atoms with Gasteiger partial charge in [-0.25, -0.2) is 19.2 Å².